The summed E-state index contributed by atoms with van der Waals surface area (Å²) < 4.78 is 4.03. The van der Waals surface area contributed by atoms with Gasteiger partial charge in [0.25, 0.3) is 0 Å². The number of aromatic nitrogens is 7. The minimum atomic E-state index is 0.513. The van der Waals surface area contributed by atoms with Gasteiger partial charge in [0, 0.05) is 12.3 Å². The van der Waals surface area contributed by atoms with Gasteiger partial charge in [-0.25, -0.2) is 9.67 Å². The van der Waals surface area contributed by atoms with Crippen molar-refractivity contribution in [1.82, 2.24) is 34.6 Å². The molecule has 4 heterocycles. The second-order valence-corrected chi connectivity index (χ2v) is 6.60. The van der Waals surface area contributed by atoms with E-state index in [-0.39, 0.29) is 0 Å². The van der Waals surface area contributed by atoms with E-state index in [0.29, 0.717) is 15.4 Å². The van der Waals surface area contributed by atoms with Gasteiger partial charge in [0.2, 0.25) is 4.96 Å². The zero-order valence-electron chi connectivity index (χ0n) is 11.1. The maximum Gasteiger partial charge on any atom is 0.235 e. The molecule has 0 amide bonds. The molecule has 4 aromatic rings. The molecule has 0 fully saturated rings. The summed E-state index contributed by atoms with van der Waals surface area (Å²) in [5.41, 5.74) is 0.780. The molecule has 22 heavy (non-hydrogen) atoms. The minimum absolute atomic E-state index is 0.513. The lowest BCUT2D eigenvalue weighted by atomic mass is 10.4. The normalized spacial score (nSPS) is 11.4. The number of hydrogen-bond acceptors (Lipinski definition) is 6. The standard InChI is InChI=1S/C12H7BrClN7S/c1-6-16-17-12-20(6)19-11(22-12)8-5-9(13)18-21(8)10-7(14)3-2-4-15-10/h2-5H,1H3. The molecule has 4 aromatic heterocycles. The van der Waals surface area contributed by atoms with Crippen molar-refractivity contribution in [3.63, 3.8) is 0 Å². The van der Waals surface area contributed by atoms with E-state index in [1.807, 2.05) is 13.0 Å². The van der Waals surface area contributed by atoms with Crippen LogP contribution < -0.4 is 0 Å². The van der Waals surface area contributed by atoms with Gasteiger partial charge in [-0.05, 0) is 35.0 Å². The van der Waals surface area contributed by atoms with Gasteiger partial charge >= 0.3 is 0 Å². The number of aryl methyl sites for hydroxylation is 1. The van der Waals surface area contributed by atoms with Crippen molar-refractivity contribution in [2.24, 2.45) is 0 Å². The van der Waals surface area contributed by atoms with Crippen molar-refractivity contribution in [2.75, 3.05) is 0 Å². The molecule has 0 N–H and O–H groups in total. The molecule has 0 saturated heterocycles. The second-order valence-electron chi connectivity index (χ2n) is 4.42. The van der Waals surface area contributed by atoms with E-state index < -0.39 is 0 Å². The Labute approximate surface area is 141 Å². The third-order valence-corrected chi connectivity index (χ3v) is 4.59. The van der Waals surface area contributed by atoms with Crippen molar-refractivity contribution in [3.8, 4) is 16.5 Å². The Balaban J connectivity index is 1.94. The maximum atomic E-state index is 6.23. The molecular weight excluding hydrogens is 390 g/mol. The fourth-order valence-corrected chi connectivity index (χ4v) is 3.48. The average molecular weight is 397 g/mol. The van der Waals surface area contributed by atoms with Gasteiger partial charge < -0.3 is 0 Å². The fourth-order valence-electron chi connectivity index (χ4n) is 2.02. The number of halogens is 2. The van der Waals surface area contributed by atoms with Gasteiger partial charge in [0.15, 0.2) is 16.6 Å². The van der Waals surface area contributed by atoms with E-state index in [9.17, 15) is 0 Å². The highest BCUT2D eigenvalue weighted by atomic mass is 79.9. The van der Waals surface area contributed by atoms with E-state index in [0.717, 1.165) is 21.5 Å². The second kappa shape index (κ2) is 5.11. The summed E-state index contributed by atoms with van der Waals surface area (Å²) in [4.78, 5) is 5.02. The molecule has 0 spiro atoms. The van der Waals surface area contributed by atoms with Crippen LogP contribution >= 0.6 is 38.9 Å². The summed E-state index contributed by atoms with van der Waals surface area (Å²) in [7, 11) is 0. The van der Waals surface area contributed by atoms with Gasteiger partial charge in [0.1, 0.15) is 10.3 Å². The monoisotopic (exact) mass is 395 g/mol. The highest BCUT2D eigenvalue weighted by Crippen LogP contribution is 2.30. The lowest BCUT2D eigenvalue weighted by molar-refractivity contribution is 0.835. The molecule has 0 bridgehead atoms. The van der Waals surface area contributed by atoms with Crippen LogP contribution in [0, 0.1) is 6.92 Å². The predicted molar refractivity (Wildman–Crippen MR) is 86.5 cm³/mol. The molecule has 4 rings (SSSR count). The van der Waals surface area contributed by atoms with Gasteiger partial charge in [-0.15, -0.1) is 10.2 Å². The quantitative estimate of drug-likeness (QED) is 0.520. The molecule has 0 saturated carbocycles. The van der Waals surface area contributed by atoms with Crippen LogP contribution in [0.25, 0.3) is 21.5 Å². The lowest BCUT2D eigenvalue weighted by Crippen LogP contribution is -2.02. The Morgan fingerprint density at radius 3 is 2.91 bits per heavy atom. The molecular formula is C12H7BrClN7S. The molecule has 7 nitrogen and oxygen atoms in total. The first-order chi connectivity index (χ1) is 10.6. The molecule has 0 unspecified atom stereocenters. The molecule has 0 aromatic carbocycles. The van der Waals surface area contributed by atoms with E-state index >= 15 is 0 Å². The van der Waals surface area contributed by atoms with Crippen molar-refractivity contribution >= 4 is 43.8 Å². The average Bonchev–Trinajstić information content (AvgIpc) is 3.16. The Morgan fingerprint density at radius 2 is 2.14 bits per heavy atom. The Bertz CT molecular complexity index is 989. The third kappa shape index (κ3) is 2.13. The third-order valence-electron chi connectivity index (χ3n) is 2.99. The molecule has 0 aliphatic heterocycles. The zero-order valence-corrected chi connectivity index (χ0v) is 14.3. The number of fused-ring (bicyclic) bond motifs is 1. The highest BCUT2D eigenvalue weighted by molar-refractivity contribution is 9.10. The van der Waals surface area contributed by atoms with Gasteiger partial charge in [0.05, 0.1) is 5.02 Å². The van der Waals surface area contributed by atoms with E-state index in [1.165, 1.54) is 11.3 Å². The van der Waals surface area contributed by atoms with Crippen LogP contribution in [0.3, 0.4) is 0 Å². The van der Waals surface area contributed by atoms with Crippen LogP contribution in [-0.2, 0) is 0 Å². The van der Waals surface area contributed by atoms with Crippen LogP contribution in [0.4, 0.5) is 0 Å². The van der Waals surface area contributed by atoms with Crippen LogP contribution in [-0.4, -0.2) is 34.6 Å². The summed E-state index contributed by atoms with van der Waals surface area (Å²) >= 11 is 11.0. The van der Waals surface area contributed by atoms with Crippen LogP contribution in [0.1, 0.15) is 5.82 Å². The minimum Gasteiger partial charge on any atom is -0.236 e. The zero-order chi connectivity index (χ0) is 15.3. The van der Waals surface area contributed by atoms with Gasteiger partial charge in [-0.1, -0.05) is 22.9 Å². The Hall–Kier alpha value is -1.84. The summed E-state index contributed by atoms with van der Waals surface area (Å²) in [6.07, 6.45) is 1.67. The first kappa shape index (κ1) is 13.8. The Morgan fingerprint density at radius 1 is 1.27 bits per heavy atom. The largest absolute Gasteiger partial charge is 0.236 e. The van der Waals surface area contributed by atoms with Crippen LogP contribution in [0.15, 0.2) is 29.0 Å². The van der Waals surface area contributed by atoms with Crippen molar-refractivity contribution in [2.45, 2.75) is 6.92 Å². The number of hydrogen-bond donors (Lipinski definition) is 0. The van der Waals surface area contributed by atoms with Crippen molar-refractivity contribution in [3.05, 3.63) is 39.8 Å². The van der Waals surface area contributed by atoms with Gasteiger partial charge in [-0.3, -0.25) is 0 Å². The summed E-state index contributed by atoms with van der Waals surface area (Å²) in [5, 5.41) is 18.3. The van der Waals surface area contributed by atoms with Crippen LogP contribution in [0.5, 0.6) is 0 Å². The van der Waals surface area contributed by atoms with E-state index in [4.69, 9.17) is 11.6 Å². The first-order valence-corrected chi connectivity index (χ1v) is 8.18. The Kier molecular flexibility index (Phi) is 3.21. The number of pyridine rings is 1. The maximum absolute atomic E-state index is 6.23. The van der Waals surface area contributed by atoms with Crippen molar-refractivity contribution in [1.29, 1.82) is 0 Å². The predicted octanol–water partition coefficient (Wildman–Crippen LogP) is 3.16. The number of nitrogens with zero attached hydrogens (tertiary/aromatic N) is 7. The van der Waals surface area contributed by atoms with Gasteiger partial charge in [-0.2, -0.15) is 14.7 Å². The summed E-state index contributed by atoms with van der Waals surface area (Å²) in [6, 6.07) is 5.41. The molecule has 10 heteroatoms. The lowest BCUT2D eigenvalue weighted by Gasteiger charge is -2.05. The fraction of sp³-hybridized carbons (Fsp3) is 0.0833. The summed E-state index contributed by atoms with van der Waals surface area (Å²) in [6.45, 7) is 1.85. The van der Waals surface area contributed by atoms with E-state index in [2.05, 4.69) is 41.3 Å². The topological polar surface area (TPSA) is 73.8 Å². The molecule has 0 radical (unpaired) electrons. The van der Waals surface area contributed by atoms with Crippen molar-refractivity contribution < 1.29 is 0 Å². The molecule has 110 valence electrons. The van der Waals surface area contributed by atoms with E-state index in [1.54, 1.807) is 27.5 Å². The molecule has 0 aliphatic carbocycles. The molecule has 0 aliphatic rings. The first-order valence-electron chi connectivity index (χ1n) is 6.19. The molecule has 0 atom stereocenters. The highest BCUT2D eigenvalue weighted by Gasteiger charge is 2.18. The smallest absolute Gasteiger partial charge is 0.235 e. The SMILES string of the molecule is Cc1nnc2sc(-c3cc(Br)nn3-c3ncccc3Cl)nn12. The summed E-state index contributed by atoms with van der Waals surface area (Å²) in [5.74, 6) is 1.28. The number of rotatable bonds is 2. The van der Waals surface area contributed by atoms with Crippen LogP contribution in [0.2, 0.25) is 5.02 Å².